The van der Waals surface area contributed by atoms with Crippen LogP contribution in [-0.2, 0) is 0 Å². The molecule has 1 aliphatic heterocycles. The van der Waals surface area contributed by atoms with E-state index >= 15 is 0 Å². The fraction of sp³-hybridized carbons (Fsp3) is 0.682. The SMILES string of the molecule is CSc1ccccc1NC(=NCC(C)(C)CN)N1CCCC2CCCCC21. The number of benzene rings is 1. The molecule has 3 N–H and O–H groups in total. The molecule has 3 rings (SSSR count). The number of hydrogen-bond donors (Lipinski definition) is 2. The lowest BCUT2D eigenvalue weighted by Crippen LogP contribution is -2.52. The van der Waals surface area contributed by atoms with E-state index < -0.39 is 0 Å². The van der Waals surface area contributed by atoms with E-state index in [9.17, 15) is 0 Å². The molecule has 0 spiro atoms. The van der Waals surface area contributed by atoms with Crippen LogP contribution < -0.4 is 11.1 Å². The average molecular weight is 389 g/mol. The van der Waals surface area contributed by atoms with Gasteiger partial charge < -0.3 is 16.0 Å². The maximum Gasteiger partial charge on any atom is 0.198 e. The molecular formula is C22H36N4S. The molecule has 150 valence electrons. The van der Waals surface area contributed by atoms with Crippen molar-refractivity contribution in [3.8, 4) is 0 Å². The third kappa shape index (κ3) is 5.20. The lowest BCUT2D eigenvalue weighted by Gasteiger charge is -2.45. The summed E-state index contributed by atoms with van der Waals surface area (Å²) in [4.78, 5) is 8.94. The Hall–Kier alpha value is -1.20. The van der Waals surface area contributed by atoms with Gasteiger partial charge in [-0.2, -0.15) is 0 Å². The molecule has 27 heavy (non-hydrogen) atoms. The Balaban J connectivity index is 1.88. The molecule has 1 aliphatic carbocycles. The summed E-state index contributed by atoms with van der Waals surface area (Å²) in [5, 5.41) is 3.71. The Bertz CT molecular complexity index is 641. The number of guanidine groups is 1. The number of nitrogens with one attached hydrogen (secondary N) is 1. The van der Waals surface area contributed by atoms with Gasteiger partial charge in [0.2, 0.25) is 0 Å². The maximum absolute atomic E-state index is 5.97. The summed E-state index contributed by atoms with van der Waals surface area (Å²) in [5.74, 6) is 1.88. The van der Waals surface area contributed by atoms with E-state index in [-0.39, 0.29) is 5.41 Å². The van der Waals surface area contributed by atoms with Crippen LogP contribution in [0.4, 0.5) is 5.69 Å². The number of fused-ring (bicyclic) bond motifs is 1. The van der Waals surface area contributed by atoms with Crippen LogP contribution in [0.3, 0.4) is 0 Å². The number of likely N-dealkylation sites (tertiary alicyclic amines) is 1. The summed E-state index contributed by atoms with van der Waals surface area (Å²) in [7, 11) is 0. The summed E-state index contributed by atoms with van der Waals surface area (Å²) in [6.07, 6.45) is 10.2. The zero-order chi connectivity index (χ0) is 19.3. The minimum absolute atomic E-state index is 0.0215. The average Bonchev–Trinajstić information content (AvgIpc) is 2.71. The van der Waals surface area contributed by atoms with Crippen molar-refractivity contribution in [1.82, 2.24) is 4.90 Å². The molecule has 2 atom stereocenters. The number of para-hydroxylation sites is 1. The number of nitrogens with zero attached hydrogens (tertiary/aromatic N) is 2. The topological polar surface area (TPSA) is 53.6 Å². The number of nitrogens with two attached hydrogens (primary N) is 1. The highest BCUT2D eigenvalue weighted by Gasteiger charge is 2.35. The van der Waals surface area contributed by atoms with Crippen LogP contribution in [0.2, 0.25) is 0 Å². The molecule has 0 radical (unpaired) electrons. The van der Waals surface area contributed by atoms with Crippen LogP contribution in [0.5, 0.6) is 0 Å². The molecule has 0 bridgehead atoms. The van der Waals surface area contributed by atoms with Gasteiger partial charge in [0.25, 0.3) is 0 Å². The summed E-state index contributed by atoms with van der Waals surface area (Å²) < 4.78 is 0. The summed E-state index contributed by atoms with van der Waals surface area (Å²) >= 11 is 1.78. The van der Waals surface area contributed by atoms with E-state index in [4.69, 9.17) is 10.7 Å². The van der Waals surface area contributed by atoms with E-state index in [0.717, 1.165) is 30.7 Å². The zero-order valence-electron chi connectivity index (χ0n) is 17.2. The highest BCUT2D eigenvalue weighted by molar-refractivity contribution is 7.98. The molecule has 5 heteroatoms. The first-order valence-corrected chi connectivity index (χ1v) is 11.7. The Morgan fingerprint density at radius 1 is 1.22 bits per heavy atom. The normalized spacial score (nSPS) is 23.9. The largest absolute Gasteiger partial charge is 0.339 e. The lowest BCUT2D eigenvalue weighted by atomic mass is 9.78. The number of hydrogen-bond acceptors (Lipinski definition) is 3. The molecule has 4 nitrogen and oxygen atoms in total. The van der Waals surface area contributed by atoms with Gasteiger partial charge in [-0.15, -0.1) is 11.8 Å². The summed E-state index contributed by atoms with van der Waals surface area (Å²) in [5.41, 5.74) is 7.15. The lowest BCUT2D eigenvalue weighted by molar-refractivity contribution is 0.118. The van der Waals surface area contributed by atoms with E-state index in [1.54, 1.807) is 11.8 Å². The first-order chi connectivity index (χ1) is 13.0. The van der Waals surface area contributed by atoms with Gasteiger partial charge in [-0.25, -0.2) is 0 Å². The molecule has 2 aliphatic rings. The Kier molecular flexibility index (Phi) is 7.10. The molecule has 0 amide bonds. The Morgan fingerprint density at radius 2 is 1.96 bits per heavy atom. The van der Waals surface area contributed by atoms with Crippen molar-refractivity contribution in [3.05, 3.63) is 24.3 Å². The molecule has 1 aromatic rings. The second-order valence-corrected chi connectivity index (χ2v) is 9.63. The minimum atomic E-state index is 0.0215. The highest BCUT2D eigenvalue weighted by Crippen LogP contribution is 2.36. The number of anilines is 1. The zero-order valence-corrected chi connectivity index (χ0v) is 18.0. The fourth-order valence-corrected chi connectivity index (χ4v) is 4.87. The van der Waals surface area contributed by atoms with Crippen molar-refractivity contribution >= 4 is 23.4 Å². The van der Waals surface area contributed by atoms with E-state index in [1.807, 2.05) is 0 Å². The smallest absolute Gasteiger partial charge is 0.198 e. The van der Waals surface area contributed by atoms with E-state index in [2.05, 4.69) is 54.6 Å². The number of thioether (sulfide) groups is 1. The van der Waals surface area contributed by atoms with Crippen LogP contribution in [0, 0.1) is 11.3 Å². The van der Waals surface area contributed by atoms with Crippen molar-refractivity contribution in [1.29, 1.82) is 0 Å². The van der Waals surface area contributed by atoms with Gasteiger partial charge in [0.1, 0.15) is 0 Å². The van der Waals surface area contributed by atoms with Crippen molar-refractivity contribution < 1.29 is 0 Å². The van der Waals surface area contributed by atoms with Crippen LogP contribution in [0.15, 0.2) is 34.2 Å². The van der Waals surface area contributed by atoms with Crippen molar-refractivity contribution in [3.63, 3.8) is 0 Å². The number of aliphatic imine (C=N–C) groups is 1. The van der Waals surface area contributed by atoms with Gasteiger partial charge in [-0.3, -0.25) is 4.99 Å². The number of rotatable bonds is 5. The van der Waals surface area contributed by atoms with Gasteiger partial charge in [0, 0.05) is 24.0 Å². The highest BCUT2D eigenvalue weighted by atomic mass is 32.2. The molecule has 2 fully saturated rings. The molecule has 1 saturated heterocycles. The van der Waals surface area contributed by atoms with Crippen molar-refractivity contribution in [2.24, 2.45) is 22.1 Å². The predicted molar refractivity (Wildman–Crippen MR) is 119 cm³/mol. The predicted octanol–water partition coefficient (Wildman–Crippen LogP) is 4.82. The third-order valence-corrected chi connectivity index (χ3v) is 6.87. The van der Waals surface area contributed by atoms with E-state index in [0.29, 0.717) is 12.6 Å². The quantitative estimate of drug-likeness (QED) is 0.431. The summed E-state index contributed by atoms with van der Waals surface area (Å²) in [6.45, 7) is 6.91. The second kappa shape index (κ2) is 9.33. The second-order valence-electron chi connectivity index (χ2n) is 8.78. The van der Waals surface area contributed by atoms with Crippen LogP contribution in [-0.4, -0.2) is 42.8 Å². The maximum atomic E-state index is 5.97. The third-order valence-electron chi connectivity index (χ3n) is 6.08. The molecule has 2 unspecified atom stereocenters. The molecular weight excluding hydrogens is 352 g/mol. The molecule has 1 saturated carbocycles. The van der Waals surface area contributed by atoms with Crippen LogP contribution in [0.25, 0.3) is 0 Å². The molecule has 0 aromatic heterocycles. The first-order valence-electron chi connectivity index (χ1n) is 10.5. The van der Waals surface area contributed by atoms with Gasteiger partial charge in [-0.05, 0) is 61.9 Å². The first kappa shape index (κ1) is 20.5. The molecule has 1 aromatic carbocycles. The van der Waals surface area contributed by atoms with Crippen LogP contribution >= 0.6 is 11.8 Å². The van der Waals surface area contributed by atoms with Gasteiger partial charge in [0.15, 0.2) is 5.96 Å². The van der Waals surface area contributed by atoms with Gasteiger partial charge >= 0.3 is 0 Å². The monoisotopic (exact) mass is 388 g/mol. The van der Waals surface area contributed by atoms with Crippen molar-refractivity contribution in [2.45, 2.75) is 63.3 Å². The Labute approximate surface area is 169 Å². The summed E-state index contributed by atoms with van der Waals surface area (Å²) in [6, 6.07) is 9.18. The number of piperidine rings is 1. The van der Waals surface area contributed by atoms with Gasteiger partial charge in [-0.1, -0.05) is 38.8 Å². The van der Waals surface area contributed by atoms with Crippen LogP contribution in [0.1, 0.15) is 52.4 Å². The van der Waals surface area contributed by atoms with Crippen molar-refractivity contribution in [2.75, 3.05) is 31.2 Å². The van der Waals surface area contributed by atoms with E-state index in [1.165, 1.54) is 43.4 Å². The minimum Gasteiger partial charge on any atom is -0.339 e. The Morgan fingerprint density at radius 3 is 2.74 bits per heavy atom. The molecule has 1 heterocycles. The fourth-order valence-electron chi connectivity index (χ4n) is 4.31. The standard InChI is InChI=1S/C22H36N4S/c1-22(2,15-23)16-24-21(25-18-11-5-7-13-20(18)27-3)26-14-8-10-17-9-4-6-12-19(17)26/h5,7,11,13,17,19H,4,6,8-10,12,14-16,23H2,1-3H3,(H,24,25). The van der Waals surface area contributed by atoms with Gasteiger partial charge in [0.05, 0.1) is 5.69 Å².